The van der Waals surface area contributed by atoms with Crippen LogP contribution in [-0.2, 0) is 16.0 Å². The lowest BCUT2D eigenvalue weighted by Crippen LogP contribution is -2.56. The molecule has 1 saturated heterocycles. The molecule has 3 rings (SSSR count). The Morgan fingerprint density at radius 3 is 2.78 bits per heavy atom. The summed E-state index contributed by atoms with van der Waals surface area (Å²) < 4.78 is 0. The van der Waals surface area contributed by atoms with Gasteiger partial charge in [0.25, 0.3) is 0 Å². The van der Waals surface area contributed by atoms with Gasteiger partial charge >= 0.3 is 0 Å². The maximum Gasteiger partial charge on any atom is 0.237 e. The zero-order valence-corrected chi connectivity index (χ0v) is 13.5. The van der Waals surface area contributed by atoms with Crippen LogP contribution >= 0.6 is 0 Å². The minimum Gasteiger partial charge on any atom is -0.353 e. The number of benzene rings is 1. The highest BCUT2D eigenvalue weighted by Crippen LogP contribution is 2.19. The van der Waals surface area contributed by atoms with E-state index >= 15 is 0 Å². The first-order valence-electron chi connectivity index (χ1n) is 8.57. The van der Waals surface area contributed by atoms with Crippen molar-refractivity contribution in [1.82, 2.24) is 15.5 Å². The molecule has 1 unspecified atom stereocenters. The van der Waals surface area contributed by atoms with Gasteiger partial charge in [0.05, 0.1) is 12.5 Å². The van der Waals surface area contributed by atoms with Crippen molar-refractivity contribution in [3.05, 3.63) is 35.9 Å². The molecule has 1 atom stereocenters. The molecule has 0 aromatic heterocycles. The Labute approximate surface area is 137 Å². The van der Waals surface area contributed by atoms with Gasteiger partial charge in [-0.1, -0.05) is 30.3 Å². The van der Waals surface area contributed by atoms with Crippen LogP contribution in [-0.4, -0.2) is 48.4 Å². The van der Waals surface area contributed by atoms with Crippen molar-refractivity contribution in [2.75, 3.05) is 19.6 Å². The standard InChI is InChI=1S/C18H25N3O2/c22-17(20-15-8-9-15)13-16-18(23)19-10-12-21(16)11-4-7-14-5-2-1-3-6-14/h1-3,5-6,15-16H,4,7-13H2,(H,19,23)(H,20,22). The van der Waals surface area contributed by atoms with Crippen LogP contribution in [0.25, 0.3) is 0 Å². The molecule has 124 valence electrons. The van der Waals surface area contributed by atoms with Gasteiger partial charge in [0.2, 0.25) is 11.8 Å². The lowest BCUT2D eigenvalue weighted by Gasteiger charge is -2.34. The van der Waals surface area contributed by atoms with Crippen molar-refractivity contribution in [2.45, 2.75) is 44.2 Å². The number of amides is 2. The summed E-state index contributed by atoms with van der Waals surface area (Å²) in [6, 6.07) is 10.4. The number of nitrogens with one attached hydrogen (secondary N) is 2. The van der Waals surface area contributed by atoms with Crippen LogP contribution in [0, 0.1) is 0 Å². The van der Waals surface area contributed by atoms with Crippen molar-refractivity contribution in [1.29, 1.82) is 0 Å². The Morgan fingerprint density at radius 2 is 2.04 bits per heavy atom. The minimum absolute atomic E-state index is 0.00242. The molecule has 23 heavy (non-hydrogen) atoms. The molecule has 2 aliphatic rings. The fourth-order valence-corrected chi connectivity index (χ4v) is 3.07. The predicted octanol–water partition coefficient (Wildman–Crippen LogP) is 1.09. The molecule has 5 heteroatoms. The fourth-order valence-electron chi connectivity index (χ4n) is 3.07. The Balaban J connectivity index is 1.50. The highest BCUT2D eigenvalue weighted by Gasteiger charge is 2.32. The second-order valence-electron chi connectivity index (χ2n) is 6.48. The molecule has 0 bridgehead atoms. The number of nitrogens with zero attached hydrogens (tertiary/aromatic N) is 1. The number of carbonyl (C=O) groups excluding carboxylic acids is 2. The Morgan fingerprint density at radius 1 is 1.26 bits per heavy atom. The lowest BCUT2D eigenvalue weighted by atomic mass is 10.1. The molecular formula is C18H25N3O2. The maximum atomic E-state index is 12.1. The van der Waals surface area contributed by atoms with E-state index in [4.69, 9.17) is 0 Å². The molecule has 1 aliphatic heterocycles. The van der Waals surface area contributed by atoms with Gasteiger partial charge in [-0.05, 0) is 37.8 Å². The van der Waals surface area contributed by atoms with Crippen molar-refractivity contribution in [2.24, 2.45) is 0 Å². The highest BCUT2D eigenvalue weighted by atomic mass is 16.2. The third-order valence-electron chi connectivity index (χ3n) is 4.52. The number of carbonyl (C=O) groups is 2. The van der Waals surface area contributed by atoms with Crippen LogP contribution in [0.3, 0.4) is 0 Å². The molecular weight excluding hydrogens is 290 g/mol. The summed E-state index contributed by atoms with van der Waals surface area (Å²) in [5.74, 6) is -0.00971. The van der Waals surface area contributed by atoms with Crippen LogP contribution in [0.2, 0.25) is 0 Å². The van der Waals surface area contributed by atoms with Crippen molar-refractivity contribution < 1.29 is 9.59 Å². The Kier molecular flexibility index (Phi) is 5.28. The minimum atomic E-state index is -0.321. The molecule has 1 aromatic rings. The third-order valence-corrected chi connectivity index (χ3v) is 4.52. The van der Waals surface area contributed by atoms with Crippen LogP contribution < -0.4 is 10.6 Å². The summed E-state index contributed by atoms with van der Waals surface area (Å²) in [5.41, 5.74) is 1.32. The second-order valence-corrected chi connectivity index (χ2v) is 6.48. The maximum absolute atomic E-state index is 12.1. The van der Waals surface area contributed by atoms with Gasteiger partial charge in [-0.3, -0.25) is 14.5 Å². The van der Waals surface area contributed by atoms with Crippen LogP contribution in [0.5, 0.6) is 0 Å². The normalized spacial score (nSPS) is 21.7. The number of hydrogen-bond donors (Lipinski definition) is 2. The second kappa shape index (κ2) is 7.59. The van der Waals surface area contributed by atoms with E-state index in [0.717, 1.165) is 38.8 Å². The Hall–Kier alpha value is -1.88. The van der Waals surface area contributed by atoms with E-state index in [1.165, 1.54) is 5.56 Å². The highest BCUT2D eigenvalue weighted by molar-refractivity contribution is 5.89. The quantitative estimate of drug-likeness (QED) is 0.792. The van der Waals surface area contributed by atoms with Gasteiger partial charge in [0.1, 0.15) is 0 Å². The Bertz CT molecular complexity index is 542. The van der Waals surface area contributed by atoms with E-state index in [1.54, 1.807) is 0 Å². The summed E-state index contributed by atoms with van der Waals surface area (Å²) in [6.45, 7) is 2.34. The average Bonchev–Trinajstić information content (AvgIpc) is 3.35. The van der Waals surface area contributed by atoms with Crippen molar-refractivity contribution in [3.63, 3.8) is 0 Å². The van der Waals surface area contributed by atoms with E-state index in [0.29, 0.717) is 12.6 Å². The van der Waals surface area contributed by atoms with Crippen LogP contribution in [0.15, 0.2) is 30.3 Å². The van der Waals surface area contributed by atoms with Crippen LogP contribution in [0.1, 0.15) is 31.2 Å². The number of hydrogen-bond acceptors (Lipinski definition) is 3. The SMILES string of the molecule is O=C(CC1C(=O)NCCN1CCCc1ccccc1)NC1CC1. The van der Waals surface area contributed by atoms with E-state index in [2.05, 4.69) is 39.8 Å². The molecule has 1 saturated carbocycles. The molecule has 2 amide bonds. The molecule has 1 aromatic carbocycles. The topological polar surface area (TPSA) is 61.4 Å². The molecule has 2 fully saturated rings. The fraction of sp³-hybridized carbons (Fsp3) is 0.556. The van der Waals surface area contributed by atoms with E-state index in [9.17, 15) is 9.59 Å². The lowest BCUT2D eigenvalue weighted by molar-refractivity contribution is -0.134. The largest absolute Gasteiger partial charge is 0.353 e. The molecule has 1 heterocycles. The zero-order chi connectivity index (χ0) is 16.1. The smallest absolute Gasteiger partial charge is 0.237 e. The average molecular weight is 315 g/mol. The molecule has 1 aliphatic carbocycles. The zero-order valence-electron chi connectivity index (χ0n) is 13.5. The summed E-state index contributed by atoms with van der Waals surface area (Å²) in [6.07, 6.45) is 4.42. The third kappa shape index (κ3) is 4.79. The first kappa shape index (κ1) is 16.0. The van der Waals surface area contributed by atoms with Gasteiger partial charge in [-0.15, -0.1) is 0 Å². The molecule has 2 N–H and O–H groups in total. The van der Waals surface area contributed by atoms with E-state index in [-0.39, 0.29) is 24.3 Å². The first-order valence-corrected chi connectivity index (χ1v) is 8.57. The number of rotatable bonds is 7. The summed E-state index contributed by atoms with van der Waals surface area (Å²) in [5, 5.41) is 5.86. The molecule has 0 spiro atoms. The first-order chi connectivity index (χ1) is 11.2. The number of aryl methyl sites for hydroxylation is 1. The van der Waals surface area contributed by atoms with Crippen molar-refractivity contribution in [3.8, 4) is 0 Å². The molecule has 0 radical (unpaired) electrons. The van der Waals surface area contributed by atoms with E-state index < -0.39 is 0 Å². The van der Waals surface area contributed by atoms with Gasteiger partial charge in [0, 0.05) is 19.1 Å². The molecule has 5 nitrogen and oxygen atoms in total. The summed E-state index contributed by atoms with van der Waals surface area (Å²) >= 11 is 0. The van der Waals surface area contributed by atoms with Crippen molar-refractivity contribution >= 4 is 11.8 Å². The summed E-state index contributed by atoms with van der Waals surface area (Å²) in [7, 11) is 0. The monoisotopic (exact) mass is 315 g/mol. The predicted molar refractivity (Wildman–Crippen MR) is 88.9 cm³/mol. The number of piperazine rings is 1. The van der Waals surface area contributed by atoms with Gasteiger partial charge in [0.15, 0.2) is 0 Å². The van der Waals surface area contributed by atoms with Crippen LogP contribution in [0.4, 0.5) is 0 Å². The van der Waals surface area contributed by atoms with Gasteiger partial charge < -0.3 is 10.6 Å². The summed E-state index contributed by atoms with van der Waals surface area (Å²) in [4.78, 5) is 26.3. The van der Waals surface area contributed by atoms with Gasteiger partial charge in [-0.2, -0.15) is 0 Å². The van der Waals surface area contributed by atoms with E-state index in [1.807, 2.05) is 6.07 Å². The van der Waals surface area contributed by atoms with Gasteiger partial charge in [-0.25, -0.2) is 0 Å².